The molecular weight excluding hydrogens is 304 g/mol. The summed E-state index contributed by atoms with van der Waals surface area (Å²) < 4.78 is 1.19. The van der Waals surface area contributed by atoms with Crippen molar-refractivity contribution in [2.45, 2.75) is 27.7 Å². The summed E-state index contributed by atoms with van der Waals surface area (Å²) >= 11 is 1.70. The van der Waals surface area contributed by atoms with Crippen LogP contribution in [0.3, 0.4) is 0 Å². The molecule has 23 heavy (non-hydrogen) atoms. The maximum Gasteiger partial charge on any atom is 0.209 e. The van der Waals surface area contributed by atoms with E-state index in [0.29, 0.717) is 5.71 Å². The highest BCUT2D eigenvalue weighted by Gasteiger charge is 2.27. The summed E-state index contributed by atoms with van der Waals surface area (Å²) in [5.41, 5.74) is 7.29. The molecule has 0 saturated heterocycles. The summed E-state index contributed by atoms with van der Waals surface area (Å²) in [6.45, 7) is 7.90. The summed E-state index contributed by atoms with van der Waals surface area (Å²) in [7, 11) is 0. The lowest BCUT2D eigenvalue weighted by molar-refractivity contribution is 0.106. The number of ketones is 1. The Morgan fingerprint density at radius 3 is 2.39 bits per heavy atom. The molecule has 2 aromatic carbocycles. The number of benzene rings is 2. The van der Waals surface area contributed by atoms with E-state index >= 15 is 0 Å². The Hall–Kier alpha value is -2.33. The van der Waals surface area contributed by atoms with E-state index in [1.807, 2.05) is 26.0 Å². The number of Topliss-reactive ketones (excluding diaryl/α,β-unsaturated/α-hetero) is 1. The number of nitrogens with zero attached hydrogens (tertiary/aromatic N) is 2. The molecule has 2 heterocycles. The Morgan fingerprint density at radius 2 is 1.61 bits per heavy atom. The van der Waals surface area contributed by atoms with Crippen LogP contribution in [0.1, 0.15) is 33.4 Å². The van der Waals surface area contributed by atoms with Gasteiger partial charge in [-0.1, -0.05) is 24.3 Å². The normalized spacial score (nSPS) is 13.6. The van der Waals surface area contributed by atoms with Crippen LogP contribution in [0, 0.1) is 20.8 Å². The van der Waals surface area contributed by atoms with E-state index in [9.17, 15) is 4.79 Å². The van der Waals surface area contributed by atoms with E-state index in [2.05, 4.69) is 24.0 Å². The van der Waals surface area contributed by atoms with Crippen LogP contribution in [0.4, 0.5) is 5.69 Å². The fraction of sp³-hybridized carbons (Fsp3) is 0.211. The van der Waals surface area contributed by atoms with Gasteiger partial charge in [-0.3, -0.25) is 4.79 Å². The molecule has 0 bridgehead atoms. The molecule has 0 aliphatic carbocycles. The molecule has 0 amide bonds. The van der Waals surface area contributed by atoms with Crippen molar-refractivity contribution in [1.82, 2.24) is 4.98 Å². The zero-order chi connectivity index (χ0) is 16.3. The molecule has 0 saturated carbocycles. The number of hydrogen-bond donors (Lipinski definition) is 0. The molecule has 4 heteroatoms. The van der Waals surface area contributed by atoms with Crippen LogP contribution in [0.15, 0.2) is 29.3 Å². The standard InChI is InChI=1S/C19H16N2OS/c1-9-5-7-13(15-16(9)20-11(3)18(15)22)14-8-6-10(2)19-17(14)21-12(4)23-19/h5-8H,1-4H3. The van der Waals surface area contributed by atoms with Gasteiger partial charge in [0.15, 0.2) is 0 Å². The van der Waals surface area contributed by atoms with E-state index < -0.39 is 0 Å². The van der Waals surface area contributed by atoms with Gasteiger partial charge in [0.25, 0.3) is 0 Å². The molecule has 1 aromatic heterocycles. The number of aromatic nitrogens is 1. The lowest BCUT2D eigenvalue weighted by Gasteiger charge is -2.10. The molecule has 0 radical (unpaired) electrons. The first-order chi connectivity index (χ1) is 11.0. The lowest BCUT2D eigenvalue weighted by atomic mass is 9.93. The van der Waals surface area contributed by atoms with E-state index in [-0.39, 0.29) is 5.78 Å². The molecule has 3 nitrogen and oxygen atoms in total. The van der Waals surface area contributed by atoms with Gasteiger partial charge in [0.2, 0.25) is 5.78 Å². The summed E-state index contributed by atoms with van der Waals surface area (Å²) in [6, 6.07) is 8.24. The molecule has 0 N–H and O–H groups in total. The van der Waals surface area contributed by atoms with E-state index in [1.165, 1.54) is 10.3 Å². The van der Waals surface area contributed by atoms with Gasteiger partial charge in [-0.2, -0.15) is 0 Å². The van der Waals surface area contributed by atoms with Gasteiger partial charge < -0.3 is 0 Å². The van der Waals surface area contributed by atoms with Crippen LogP contribution in [-0.4, -0.2) is 16.5 Å². The number of aryl methyl sites for hydroxylation is 3. The molecule has 0 atom stereocenters. The van der Waals surface area contributed by atoms with E-state index in [4.69, 9.17) is 4.98 Å². The largest absolute Gasteiger partial charge is 0.287 e. The van der Waals surface area contributed by atoms with Crippen LogP contribution in [0.5, 0.6) is 0 Å². The Balaban J connectivity index is 2.07. The molecule has 1 aliphatic rings. The molecule has 3 aromatic rings. The predicted molar refractivity (Wildman–Crippen MR) is 96.4 cm³/mol. The number of aliphatic imine (C=N–C) groups is 1. The lowest BCUT2D eigenvalue weighted by Crippen LogP contribution is -2.06. The number of carbonyl (C=O) groups excluding carboxylic acids is 1. The van der Waals surface area contributed by atoms with Gasteiger partial charge >= 0.3 is 0 Å². The molecule has 0 fully saturated rings. The fourth-order valence-corrected chi connectivity index (χ4v) is 4.06. The summed E-state index contributed by atoms with van der Waals surface area (Å²) in [6.07, 6.45) is 0. The maximum atomic E-state index is 12.6. The highest BCUT2D eigenvalue weighted by molar-refractivity contribution is 7.18. The molecule has 0 spiro atoms. The third-order valence-corrected chi connectivity index (χ3v) is 5.46. The first kappa shape index (κ1) is 14.3. The minimum atomic E-state index is 0.0272. The van der Waals surface area contributed by atoms with E-state index in [0.717, 1.165) is 38.5 Å². The highest BCUT2D eigenvalue weighted by atomic mass is 32.1. The summed E-state index contributed by atoms with van der Waals surface area (Å²) in [5.74, 6) is 0.0272. The predicted octanol–water partition coefficient (Wildman–Crippen LogP) is 5.18. The number of thiazole rings is 1. The second kappa shape index (κ2) is 4.83. The van der Waals surface area contributed by atoms with Crippen LogP contribution in [-0.2, 0) is 0 Å². The third-order valence-electron chi connectivity index (χ3n) is 4.35. The first-order valence-corrected chi connectivity index (χ1v) is 8.39. The van der Waals surface area contributed by atoms with Gasteiger partial charge in [0.05, 0.1) is 32.2 Å². The summed E-state index contributed by atoms with van der Waals surface area (Å²) in [4.78, 5) is 21.8. The second-order valence-corrected chi connectivity index (χ2v) is 7.22. The van der Waals surface area contributed by atoms with Gasteiger partial charge in [-0.25, -0.2) is 9.98 Å². The number of carbonyl (C=O) groups is 1. The smallest absolute Gasteiger partial charge is 0.209 e. The molecule has 0 unspecified atom stereocenters. The van der Waals surface area contributed by atoms with Gasteiger partial charge in [0.1, 0.15) is 0 Å². The van der Waals surface area contributed by atoms with Crippen molar-refractivity contribution in [3.05, 3.63) is 46.0 Å². The van der Waals surface area contributed by atoms with Crippen LogP contribution < -0.4 is 0 Å². The molecule has 4 rings (SSSR count). The Morgan fingerprint density at radius 1 is 0.913 bits per heavy atom. The molecule has 114 valence electrons. The van der Waals surface area contributed by atoms with Crippen molar-refractivity contribution in [2.24, 2.45) is 4.99 Å². The highest BCUT2D eigenvalue weighted by Crippen LogP contribution is 2.41. The minimum Gasteiger partial charge on any atom is -0.287 e. The van der Waals surface area contributed by atoms with Crippen LogP contribution in [0.25, 0.3) is 21.3 Å². The Kier molecular flexibility index (Phi) is 3.00. The fourth-order valence-electron chi connectivity index (χ4n) is 3.15. The first-order valence-electron chi connectivity index (χ1n) is 7.58. The van der Waals surface area contributed by atoms with Crippen molar-refractivity contribution in [3.63, 3.8) is 0 Å². The topological polar surface area (TPSA) is 42.3 Å². The zero-order valence-corrected chi connectivity index (χ0v) is 14.3. The molecule has 1 aliphatic heterocycles. The number of hydrogen-bond acceptors (Lipinski definition) is 4. The number of rotatable bonds is 1. The Bertz CT molecular complexity index is 1030. The van der Waals surface area contributed by atoms with Crippen molar-refractivity contribution in [3.8, 4) is 11.1 Å². The van der Waals surface area contributed by atoms with Crippen LogP contribution in [0.2, 0.25) is 0 Å². The van der Waals surface area contributed by atoms with Crippen molar-refractivity contribution in [1.29, 1.82) is 0 Å². The van der Waals surface area contributed by atoms with Crippen LogP contribution >= 0.6 is 11.3 Å². The minimum absolute atomic E-state index is 0.0272. The maximum absolute atomic E-state index is 12.6. The number of fused-ring (bicyclic) bond motifs is 2. The van der Waals surface area contributed by atoms with Gasteiger partial charge in [-0.05, 0) is 44.4 Å². The monoisotopic (exact) mass is 320 g/mol. The molecular formula is C19H16N2OS. The van der Waals surface area contributed by atoms with Gasteiger partial charge in [-0.15, -0.1) is 11.3 Å². The van der Waals surface area contributed by atoms with Crippen molar-refractivity contribution < 1.29 is 4.79 Å². The van der Waals surface area contributed by atoms with Crippen molar-refractivity contribution >= 4 is 38.7 Å². The Labute approximate surface area is 138 Å². The van der Waals surface area contributed by atoms with Gasteiger partial charge in [0, 0.05) is 5.56 Å². The average molecular weight is 320 g/mol. The summed E-state index contributed by atoms with van der Waals surface area (Å²) in [5, 5.41) is 1.04. The van der Waals surface area contributed by atoms with Crippen molar-refractivity contribution in [2.75, 3.05) is 0 Å². The third kappa shape index (κ3) is 1.98. The van der Waals surface area contributed by atoms with E-state index in [1.54, 1.807) is 18.3 Å². The second-order valence-electron chi connectivity index (χ2n) is 6.02. The zero-order valence-electron chi connectivity index (χ0n) is 13.5. The quantitative estimate of drug-likeness (QED) is 0.620. The SMILES string of the molecule is CC1=Nc2c(C)ccc(-c3ccc(C)c4sc(C)nc34)c2C1=O. The average Bonchev–Trinajstić information content (AvgIpc) is 3.04.